The molecule has 0 aliphatic heterocycles. The summed E-state index contributed by atoms with van der Waals surface area (Å²) in [5.74, 6) is 0.338. The van der Waals surface area contributed by atoms with Crippen molar-refractivity contribution in [1.29, 1.82) is 0 Å². The molecule has 1 aliphatic rings. The lowest BCUT2D eigenvalue weighted by molar-refractivity contribution is -0.116. The summed E-state index contributed by atoms with van der Waals surface area (Å²) in [5.41, 5.74) is 2.53. The number of carbonyl (C=O) groups is 1. The minimum atomic E-state index is -0.229. The summed E-state index contributed by atoms with van der Waals surface area (Å²) in [6.07, 6.45) is 2.37. The number of carbonyl (C=O) groups excluding carboxylic acids is 1. The van der Waals surface area contributed by atoms with E-state index in [0.717, 1.165) is 16.7 Å². The first-order valence-electron chi connectivity index (χ1n) is 8.10. The first-order chi connectivity index (χ1) is 11.7. The molecule has 1 amide bonds. The minimum Gasteiger partial charge on any atom is -0.300 e. The zero-order valence-corrected chi connectivity index (χ0v) is 14.2. The molecular formula is C17H18N4O2S. The largest absolute Gasteiger partial charge is 0.329 e. The van der Waals surface area contributed by atoms with E-state index in [1.807, 2.05) is 36.6 Å². The number of anilines is 1. The third kappa shape index (κ3) is 2.65. The molecule has 0 saturated heterocycles. The highest BCUT2D eigenvalue weighted by atomic mass is 32.1. The number of hydrogen-bond acceptors (Lipinski definition) is 4. The number of para-hydroxylation sites is 2. The highest BCUT2D eigenvalue weighted by Gasteiger charge is 2.26. The average molecular weight is 342 g/mol. The van der Waals surface area contributed by atoms with Gasteiger partial charge in [0, 0.05) is 17.8 Å². The van der Waals surface area contributed by atoms with Crippen molar-refractivity contribution in [3.63, 3.8) is 0 Å². The van der Waals surface area contributed by atoms with Gasteiger partial charge in [0.1, 0.15) is 6.54 Å². The zero-order chi connectivity index (χ0) is 16.7. The molecule has 124 valence electrons. The third-order valence-corrected chi connectivity index (χ3v) is 5.08. The molecular weight excluding hydrogens is 324 g/mol. The number of hydrogen-bond donors (Lipinski definition) is 1. The van der Waals surface area contributed by atoms with E-state index in [9.17, 15) is 9.59 Å². The van der Waals surface area contributed by atoms with Crippen LogP contribution < -0.4 is 11.0 Å². The monoisotopic (exact) mass is 342 g/mol. The van der Waals surface area contributed by atoms with Crippen molar-refractivity contribution >= 4 is 33.4 Å². The summed E-state index contributed by atoms with van der Waals surface area (Å²) in [5, 5.41) is 5.42. The van der Waals surface area contributed by atoms with Gasteiger partial charge in [-0.1, -0.05) is 12.1 Å². The van der Waals surface area contributed by atoms with Crippen molar-refractivity contribution in [2.75, 3.05) is 5.32 Å². The smallest absolute Gasteiger partial charge is 0.300 e. The summed E-state index contributed by atoms with van der Waals surface area (Å²) < 4.78 is 3.20. The van der Waals surface area contributed by atoms with Crippen LogP contribution >= 0.6 is 11.3 Å². The van der Waals surface area contributed by atoms with Crippen molar-refractivity contribution in [2.45, 2.75) is 38.8 Å². The number of benzene rings is 1. The van der Waals surface area contributed by atoms with Crippen molar-refractivity contribution < 1.29 is 4.79 Å². The number of fused-ring (bicyclic) bond motifs is 1. The maximum absolute atomic E-state index is 12.5. The fraction of sp³-hybridized carbons (Fsp3) is 0.353. The summed E-state index contributed by atoms with van der Waals surface area (Å²) in [6, 6.07) is 7.54. The molecule has 1 aliphatic carbocycles. The quantitative estimate of drug-likeness (QED) is 0.775. The number of nitrogens with zero attached hydrogens (tertiary/aromatic N) is 3. The van der Waals surface area contributed by atoms with Gasteiger partial charge in [0.2, 0.25) is 5.91 Å². The van der Waals surface area contributed by atoms with Crippen molar-refractivity contribution in [3.05, 3.63) is 45.8 Å². The first kappa shape index (κ1) is 15.1. The molecule has 24 heavy (non-hydrogen) atoms. The Labute approximate surface area is 142 Å². The maximum atomic E-state index is 12.5. The van der Waals surface area contributed by atoms with E-state index >= 15 is 0 Å². The Hall–Kier alpha value is -2.41. The highest BCUT2D eigenvalue weighted by molar-refractivity contribution is 7.13. The van der Waals surface area contributed by atoms with Gasteiger partial charge in [-0.3, -0.25) is 13.9 Å². The molecule has 0 bridgehead atoms. The molecule has 3 aromatic rings. The maximum Gasteiger partial charge on any atom is 0.329 e. The Morgan fingerprint density at radius 2 is 2.00 bits per heavy atom. The van der Waals surface area contributed by atoms with Crippen molar-refractivity contribution in [1.82, 2.24) is 14.1 Å². The third-order valence-electron chi connectivity index (χ3n) is 4.31. The van der Waals surface area contributed by atoms with Crippen LogP contribution in [-0.4, -0.2) is 20.0 Å². The summed E-state index contributed by atoms with van der Waals surface area (Å²) in [7, 11) is 0. The van der Waals surface area contributed by atoms with Crippen LogP contribution in [0.1, 0.15) is 31.4 Å². The Balaban J connectivity index is 1.58. The van der Waals surface area contributed by atoms with E-state index in [0.29, 0.717) is 17.6 Å². The molecule has 1 saturated carbocycles. The molecule has 1 aromatic carbocycles. The number of aromatic nitrogens is 3. The van der Waals surface area contributed by atoms with Crippen LogP contribution in [0.5, 0.6) is 0 Å². The number of amides is 1. The van der Waals surface area contributed by atoms with E-state index in [2.05, 4.69) is 10.3 Å². The molecule has 4 rings (SSSR count). The number of nitrogens with one attached hydrogen (secondary N) is 1. The van der Waals surface area contributed by atoms with Gasteiger partial charge in [0.05, 0.1) is 16.7 Å². The molecule has 0 unspecified atom stereocenters. The highest BCUT2D eigenvalue weighted by Crippen LogP contribution is 2.40. The molecule has 1 N–H and O–H groups in total. The average Bonchev–Trinajstić information content (AvgIpc) is 3.27. The fourth-order valence-electron chi connectivity index (χ4n) is 2.94. The van der Waals surface area contributed by atoms with E-state index < -0.39 is 0 Å². The molecule has 6 nitrogen and oxygen atoms in total. The fourth-order valence-corrected chi connectivity index (χ4v) is 3.75. The number of aryl methyl sites for hydroxylation is 1. The van der Waals surface area contributed by atoms with Gasteiger partial charge in [-0.25, -0.2) is 9.78 Å². The van der Waals surface area contributed by atoms with Gasteiger partial charge < -0.3 is 5.32 Å². The van der Waals surface area contributed by atoms with Crippen molar-refractivity contribution in [2.24, 2.45) is 0 Å². The molecule has 0 spiro atoms. The minimum absolute atomic E-state index is 0.00924. The first-order valence-corrected chi connectivity index (χ1v) is 8.98. The molecule has 2 aromatic heterocycles. The van der Waals surface area contributed by atoms with Crippen LogP contribution in [0.3, 0.4) is 0 Å². The Morgan fingerprint density at radius 1 is 1.29 bits per heavy atom. The predicted octanol–water partition coefficient (Wildman–Crippen LogP) is 2.80. The van der Waals surface area contributed by atoms with E-state index in [1.54, 1.807) is 4.57 Å². The van der Waals surface area contributed by atoms with Gasteiger partial charge in [0.15, 0.2) is 5.13 Å². The second-order valence-corrected chi connectivity index (χ2v) is 6.86. The lowest BCUT2D eigenvalue weighted by Gasteiger charge is -2.03. The van der Waals surface area contributed by atoms with Crippen LogP contribution in [0.25, 0.3) is 11.0 Å². The topological polar surface area (TPSA) is 68.9 Å². The molecule has 7 heteroatoms. The van der Waals surface area contributed by atoms with Gasteiger partial charge in [-0.15, -0.1) is 11.3 Å². The lowest BCUT2D eigenvalue weighted by atomic mass is 10.3. The van der Waals surface area contributed by atoms with Crippen LogP contribution in [-0.2, 0) is 17.9 Å². The summed E-state index contributed by atoms with van der Waals surface area (Å²) in [6.45, 7) is 2.49. The second-order valence-electron chi connectivity index (χ2n) is 6.00. The lowest BCUT2D eigenvalue weighted by Crippen LogP contribution is -2.29. The van der Waals surface area contributed by atoms with E-state index in [-0.39, 0.29) is 18.1 Å². The molecule has 2 heterocycles. The van der Waals surface area contributed by atoms with Crippen LogP contribution in [0.4, 0.5) is 5.13 Å². The van der Waals surface area contributed by atoms with Crippen LogP contribution in [0.15, 0.2) is 34.4 Å². The number of thiazole rings is 1. The number of imidazole rings is 1. The Morgan fingerprint density at radius 3 is 2.67 bits per heavy atom. The van der Waals surface area contributed by atoms with Gasteiger partial charge >= 0.3 is 5.69 Å². The van der Waals surface area contributed by atoms with E-state index in [1.165, 1.54) is 28.7 Å². The van der Waals surface area contributed by atoms with Crippen LogP contribution in [0, 0.1) is 0 Å². The number of rotatable bonds is 5. The standard InChI is InChI=1S/C17H18N4O2S/c1-2-20-13-5-3-4-6-14(13)21(17(20)23)9-15(22)19-16-18-12(10-24-16)11-7-8-11/h3-6,10-11H,2,7-9H2,1H3,(H,18,19,22). The molecule has 1 fully saturated rings. The molecule has 0 radical (unpaired) electrons. The molecule has 0 atom stereocenters. The van der Waals surface area contributed by atoms with Crippen LogP contribution in [0.2, 0.25) is 0 Å². The summed E-state index contributed by atoms with van der Waals surface area (Å²) >= 11 is 1.44. The Bertz CT molecular complexity index is 965. The zero-order valence-electron chi connectivity index (χ0n) is 13.4. The van der Waals surface area contributed by atoms with Gasteiger partial charge in [0.25, 0.3) is 0 Å². The second kappa shape index (κ2) is 5.90. The predicted molar refractivity (Wildman–Crippen MR) is 94.6 cm³/mol. The summed E-state index contributed by atoms with van der Waals surface area (Å²) in [4.78, 5) is 29.4. The Kier molecular flexibility index (Phi) is 3.72. The SMILES string of the molecule is CCn1c(=O)n(CC(=O)Nc2nc(C3CC3)cs2)c2ccccc21. The van der Waals surface area contributed by atoms with E-state index in [4.69, 9.17) is 0 Å². The normalized spacial score (nSPS) is 14.2. The van der Waals surface area contributed by atoms with Gasteiger partial charge in [-0.05, 0) is 31.9 Å². The van der Waals surface area contributed by atoms with Crippen molar-refractivity contribution in [3.8, 4) is 0 Å². The van der Waals surface area contributed by atoms with Gasteiger partial charge in [-0.2, -0.15) is 0 Å².